The lowest BCUT2D eigenvalue weighted by Crippen LogP contribution is -2.60. The molecule has 0 aromatic rings. The Kier molecular flexibility index (Phi) is 8.97. The molecule has 0 heterocycles. The molecule has 8 saturated carbocycles. The van der Waals surface area contributed by atoms with E-state index in [9.17, 15) is 0 Å². The highest BCUT2D eigenvalue weighted by Gasteiger charge is 2.64. The van der Waals surface area contributed by atoms with Gasteiger partial charge in [-0.05, 0) is 123 Å². The molecular weight excluding hydrogens is 336 g/mol. The van der Waals surface area contributed by atoms with Gasteiger partial charge in [-0.2, -0.15) is 0 Å². The van der Waals surface area contributed by atoms with Gasteiger partial charge in [-0.1, -0.05) is 55.4 Å². The Morgan fingerprint density at radius 1 is 0.321 bits per heavy atom. The van der Waals surface area contributed by atoms with Crippen molar-refractivity contribution in [3.8, 4) is 0 Å². The van der Waals surface area contributed by atoms with Crippen LogP contribution in [-0.4, -0.2) is 0 Å². The zero-order chi connectivity index (χ0) is 20.9. The molecule has 0 atom stereocenters. The van der Waals surface area contributed by atoms with Crippen molar-refractivity contribution in [2.75, 3.05) is 0 Å². The van der Waals surface area contributed by atoms with Crippen LogP contribution in [0.5, 0.6) is 0 Å². The van der Waals surface area contributed by atoms with E-state index in [1.807, 2.05) is 55.4 Å². The molecule has 8 fully saturated rings. The van der Waals surface area contributed by atoms with Crippen LogP contribution < -0.4 is 0 Å². The van der Waals surface area contributed by atoms with E-state index in [4.69, 9.17) is 0 Å². The first kappa shape index (κ1) is 24.3. The van der Waals surface area contributed by atoms with Gasteiger partial charge >= 0.3 is 0 Å². The SMILES string of the molecule is C1C2CC3CC1CC(C14CC5CC(CC(C5)C1)C4)(C2)C3.CC.CC.CC.CC. The van der Waals surface area contributed by atoms with Crippen LogP contribution in [0.15, 0.2) is 0 Å². The maximum Gasteiger partial charge on any atom is -0.0233 e. The fourth-order valence-electron chi connectivity index (χ4n) is 9.52. The summed E-state index contributed by atoms with van der Waals surface area (Å²) in [5.41, 5.74) is 1.72. The van der Waals surface area contributed by atoms with E-state index in [-0.39, 0.29) is 0 Å². The summed E-state index contributed by atoms with van der Waals surface area (Å²) in [6.45, 7) is 16.0. The molecule has 0 aromatic carbocycles. The van der Waals surface area contributed by atoms with Crippen LogP contribution in [0.1, 0.15) is 132 Å². The van der Waals surface area contributed by atoms with Crippen molar-refractivity contribution in [2.45, 2.75) is 132 Å². The number of hydrogen-bond acceptors (Lipinski definition) is 0. The summed E-state index contributed by atoms with van der Waals surface area (Å²) in [4.78, 5) is 0. The maximum atomic E-state index is 2.00. The third-order valence-electron chi connectivity index (χ3n) is 9.20. The highest BCUT2D eigenvalue weighted by Crippen LogP contribution is 2.74. The van der Waals surface area contributed by atoms with Gasteiger partial charge in [0.05, 0.1) is 0 Å². The van der Waals surface area contributed by atoms with Gasteiger partial charge in [-0.25, -0.2) is 0 Å². The van der Waals surface area contributed by atoms with Crippen molar-refractivity contribution >= 4 is 0 Å². The van der Waals surface area contributed by atoms with Gasteiger partial charge in [0.15, 0.2) is 0 Å². The molecule has 8 aliphatic rings. The van der Waals surface area contributed by atoms with Gasteiger partial charge in [0.2, 0.25) is 0 Å². The molecule has 28 heavy (non-hydrogen) atoms. The first-order valence-corrected chi connectivity index (χ1v) is 13.7. The Hall–Kier alpha value is 0. The lowest BCUT2D eigenvalue weighted by atomic mass is 9.35. The molecule has 0 heteroatoms. The van der Waals surface area contributed by atoms with Gasteiger partial charge in [0.1, 0.15) is 0 Å². The van der Waals surface area contributed by atoms with Gasteiger partial charge < -0.3 is 0 Å². The normalized spacial score (nSPS) is 48.0. The average Bonchev–Trinajstić information content (AvgIpc) is 2.72. The van der Waals surface area contributed by atoms with Gasteiger partial charge in [-0.3, -0.25) is 0 Å². The second kappa shape index (κ2) is 10.3. The summed E-state index contributed by atoms with van der Waals surface area (Å²) in [5.74, 6) is 6.97. The predicted molar refractivity (Wildman–Crippen MR) is 127 cm³/mol. The molecule has 8 bridgehead atoms. The Bertz CT molecular complexity index is 332. The van der Waals surface area contributed by atoms with Crippen LogP contribution in [0.4, 0.5) is 0 Å². The monoisotopic (exact) mass is 390 g/mol. The van der Waals surface area contributed by atoms with Crippen LogP contribution in [0.2, 0.25) is 0 Å². The lowest BCUT2D eigenvalue weighted by Gasteiger charge is -2.70. The lowest BCUT2D eigenvalue weighted by molar-refractivity contribution is -0.199. The Morgan fingerprint density at radius 2 is 0.464 bits per heavy atom. The summed E-state index contributed by atoms with van der Waals surface area (Å²) in [7, 11) is 0. The van der Waals surface area contributed by atoms with E-state index in [0.717, 1.165) is 46.3 Å². The molecule has 0 nitrogen and oxygen atoms in total. The molecule has 0 unspecified atom stereocenters. The molecule has 0 aliphatic heterocycles. The number of hydrogen-bond donors (Lipinski definition) is 0. The summed E-state index contributed by atoms with van der Waals surface area (Å²) in [5, 5.41) is 0. The molecule has 0 radical (unpaired) electrons. The van der Waals surface area contributed by atoms with E-state index in [0.29, 0.717) is 0 Å². The van der Waals surface area contributed by atoms with Crippen LogP contribution in [0.3, 0.4) is 0 Å². The summed E-state index contributed by atoms with van der Waals surface area (Å²) in [6, 6.07) is 0. The Balaban J connectivity index is 0.000000317. The fourth-order valence-corrected chi connectivity index (χ4v) is 9.52. The van der Waals surface area contributed by atoms with Crippen molar-refractivity contribution in [1.82, 2.24) is 0 Å². The molecule has 0 N–H and O–H groups in total. The topological polar surface area (TPSA) is 0 Å². The molecule has 0 spiro atoms. The molecule has 0 aromatic heterocycles. The van der Waals surface area contributed by atoms with Crippen LogP contribution in [-0.2, 0) is 0 Å². The standard InChI is InChI=1S/C20H30.4C2H6/c1-13-2-15-3-14(1)8-19(7-13,9-15)20-10-16-4-17(11-20)6-18(5-16)12-20;4*1-2/h13-18H,1-12H2;4*1-2H3. The van der Waals surface area contributed by atoms with E-state index in [2.05, 4.69) is 0 Å². The zero-order valence-electron chi connectivity index (χ0n) is 20.9. The second-order valence-corrected chi connectivity index (χ2v) is 10.4. The summed E-state index contributed by atoms with van der Waals surface area (Å²) < 4.78 is 0. The first-order chi connectivity index (χ1) is 13.7. The average molecular weight is 391 g/mol. The third-order valence-corrected chi connectivity index (χ3v) is 9.20. The zero-order valence-corrected chi connectivity index (χ0v) is 20.9. The minimum Gasteiger partial charge on any atom is -0.0683 e. The molecule has 0 saturated heterocycles. The number of rotatable bonds is 1. The highest BCUT2D eigenvalue weighted by molar-refractivity contribution is 5.14. The van der Waals surface area contributed by atoms with Gasteiger partial charge in [0.25, 0.3) is 0 Å². The quantitative estimate of drug-likeness (QED) is 0.418. The smallest absolute Gasteiger partial charge is 0.0233 e. The van der Waals surface area contributed by atoms with Crippen LogP contribution in [0, 0.1) is 46.3 Å². The van der Waals surface area contributed by atoms with Gasteiger partial charge in [0, 0.05) is 0 Å². The van der Waals surface area contributed by atoms with Crippen LogP contribution >= 0.6 is 0 Å². The molecule has 8 rings (SSSR count). The first-order valence-electron chi connectivity index (χ1n) is 13.7. The largest absolute Gasteiger partial charge is 0.0683 e. The Morgan fingerprint density at radius 3 is 0.607 bits per heavy atom. The summed E-state index contributed by atoms with van der Waals surface area (Å²) in [6.07, 6.45) is 19.8. The minimum absolute atomic E-state index is 0.859. The molecule has 8 aliphatic carbocycles. The second-order valence-electron chi connectivity index (χ2n) is 10.4. The third kappa shape index (κ3) is 4.09. The van der Waals surface area contributed by atoms with Crippen molar-refractivity contribution in [3.05, 3.63) is 0 Å². The summed E-state index contributed by atoms with van der Waals surface area (Å²) >= 11 is 0. The fraction of sp³-hybridized carbons (Fsp3) is 1.00. The Labute approximate surface area is 179 Å². The van der Waals surface area contributed by atoms with E-state index >= 15 is 0 Å². The van der Waals surface area contributed by atoms with Crippen molar-refractivity contribution in [3.63, 3.8) is 0 Å². The van der Waals surface area contributed by atoms with Crippen molar-refractivity contribution in [2.24, 2.45) is 46.3 Å². The predicted octanol–water partition coefficient (Wildman–Crippen LogP) is 9.52. The maximum absolute atomic E-state index is 2.00. The highest BCUT2D eigenvalue weighted by atomic mass is 14.7. The minimum atomic E-state index is 0.859. The van der Waals surface area contributed by atoms with E-state index < -0.39 is 0 Å². The van der Waals surface area contributed by atoms with Crippen molar-refractivity contribution < 1.29 is 0 Å². The van der Waals surface area contributed by atoms with Gasteiger partial charge in [-0.15, -0.1) is 0 Å². The molecule has 0 amide bonds. The molecule has 166 valence electrons. The molecular formula is C28H54. The van der Waals surface area contributed by atoms with Crippen LogP contribution in [0.25, 0.3) is 0 Å². The van der Waals surface area contributed by atoms with Crippen molar-refractivity contribution in [1.29, 1.82) is 0 Å². The van der Waals surface area contributed by atoms with E-state index in [1.165, 1.54) is 0 Å². The van der Waals surface area contributed by atoms with E-state index in [1.54, 1.807) is 77.0 Å².